The number of hydrogen-bond donors (Lipinski definition) is 0. The maximum absolute atomic E-state index is 13.2. The molecule has 1 aliphatic carbocycles. The molecule has 0 bridgehead atoms. The van der Waals surface area contributed by atoms with Gasteiger partial charge in [0.05, 0.1) is 6.61 Å². The van der Waals surface area contributed by atoms with E-state index in [0.29, 0.717) is 18.3 Å². The molecule has 0 saturated heterocycles. The summed E-state index contributed by atoms with van der Waals surface area (Å²) in [6.07, 6.45) is 2.43. The summed E-state index contributed by atoms with van der Waals surface area (Å²) in [5.41, 5.74) is 0.831. The molecule has 0 radical (unpaired) electrons. The van der Waals surface area contributed by atoms with Crippen molar-refractivity contribution in [2.45, 2.75) is 33.6 Å². The van der Waals surface area contributed by atoms with Crippen molar-refractivity contribution in [3.8, 4) is 5.75 Å². The normalized spacial score (nSPS) is 14.1. The Kier molecular flexibility index (Phi) is 5.07. The fraction of sp³-hybridized carbons (Fsp3) is 0.538. The summed E-state index contributed by atoms with van der Waals surface area (Å²) in [5, 5.41) is 0.0938. The molecule has 0 aromatic heterocycles. The predicted octanol–water partition coefficient (Wildman–Crippen LogP) is 4.60. The van der Waals surface area contributed by atoms with Crippen molar-refractivity contribution >= 4 is 11.6 Å². The maximum atomic E-state index is 13.2. The molecule has 0 amide bonds. The van der Waals surface area contributed by atoms with Crippen molar-refractivity contribution in [2.75, 3.05) is 6.61 Å². The Balaban J connectivity index is 0.000000606. The monoisotopic (exact) mass is 244 g/mol. The first-order valence-electron chi connectivity index (χ1n) is 5.75. The lowest BCUT2D eigenvalue weighted by atomic mass is 10.2. The first-order valence-corrected chi connectivity index (χ1v) is 6.13. The highest BCUT2D eigenvalue weighted by Crippen LogP contribution is 2.33. The minimum atomic E-state index is -0.405. The number of hydrogen-bond acceptors (Lipinski definition) is 1. The minimum absolute atomic E-state index is 0.0938. The Morgan fingerprint density at radius 3 is 2.56 bits per heavy atom. The molecular formula is C13H18ClFO. The molecule has 2 rings (SSSR count). The summed E-state index contributed by atoms with van der Waals surface area (Å²) < 4.78 is 18.6. The first-order chi connectivity index (χ1) is 7.66. The molecule has 90 valence electrons. The van der Waals surface area contributed by atoms with Gasteiger partial charge in [0.25, 0.3) is 0 Å². The van der Waals surface area contributed by atoms with Crippen LogP contribution in [0.25, 0.3) is 0 Å². The van der Waals surface area contributed by atoms with Gasteiger partial charge in [0.1, 0.15) is 16.6 Å². The van der Waals surface area contributed by atoms with Crippen LogP contribution in [0.5, 0.6) is 5.75 Å². The highest BCUT2D eigenvalue weighted by Gasteiger charge is 2.22. The van der Waals surface area contributed by atoms with Crippen molar-refractivity contribution in [1.29, 1.82) is 0 Å². The van der Waals surface area contributed by atoms with E-state index in [1.165, 1.54) is 18.9 Å². The molecule has 1 fully saturated rings. The van der Waals surface area contributed by atoms with E-state index in [-0.39, 0.29) is 5.02 Å². The summed E-state index contributed by atoms with van der Waals surface area (Å²) in [6.45, 7) is 6.48. The second-order valence-electron chi connectivity index (χ2n) is 3.81. The van der Waals surface area contributed by atoms with Crippen LogP contribution < -0.4 is 4.74 Å². The zero-order valence-corrected chi connectivity index (χ0v) is 10.8. The molecule has 1 nitrogen and oxygen atoms in total. The summed E-state index contributed by atoms with van der Waals surface area (Å²) in [5.74, 6) is 0.711. The summed E-state index contributed by atoms with van der Waals surface area (Å²) in [4.78, 5) is 0. The van der Waals surface area contributed by atoms with Gasteiger partial charge in [-0.05, 0) is 43.4 Å². The largest absolute Gasteiger partial charge is 0.492 e. The molecule has 1 saturated carbocycles. The fourth-order valence-electron chi connectivity index (χ4n) is 1.29. The molecule has 16 heavy (non-hydrogen) atoms. The Morgan fingerprint density at radius 2 is 2.00 bits per heavy atom. The van der Waals surface area contributed by atoms with E-state index in [4.69, 9.17) is 16.3 Å². The van der Waals surface area contributed by atoms with Crippen molar-refractivity contribution in [3.63, 3.8) is 0 Å². The molecular weight excluding hydrogens is 227 g/mol. The average Bonchev–Trinajstić information content (AvgIpc) is 3.08. The Morgan fingerprint density at radius 1 is 1.38 bits per heavy atom. The Labute approximate surface area is 102 Å². The topological polar surface area (TPSA) is 9.23 Å². The second-order valence-corrected chi connectivity index (χ2v) is 4.19. The number of benzene rings is 1. The molecule has 0 unspecified atom stereocenters. The van der Waals surface area contributed by atoms with Crippen LogP contribution in [0, 0.1) is 18.7 Å². The van der Waals surface area contributed by atoms with Crippen LogP contribution in [0.15, 0.2) is 12.1 Å². The maximum Gasteiger partial charge on any atom is 0.145 e. The van der Waals surface area contributed by atoms with Gasteiger partial charge in [0.2, 0.25) is 0 Å². The minimum Gasteiger partial charge on any atom is -0.492 e. The molecule has 1 aromatic rings. The second kappa shape index (κ2) is 6.09. The van der Waals surface area contributed by atoms with Crippen LogP contribution in [0.4, 0.5) is 4.39 Å². The number of rotatable bonds is 3. The standard InChI is InChI=1S/C11H12ClFO.C2H6/c1-7-4-9(13)11(12)10(5-7)14-6-8-2-3-8;1-2/h4-5,8H,2-3,6H2,1H3;1-2H3. The third-order valence-electron chi connectivity index (χ3n) is 2.31. The lowest BCUT2D eigenvalue weighted by Crippen LogP contribution is -2.00. The zero-order valence-electron chi connectivity index (χ0n) is 10.0. The van der Waals surface area contributed by atoms with Crippen molar-refractivity contribution in [1.82, 2.24) is 0 Å². The van der Waals surface area contributed by atoms with Crippen LogP contribution >= 0.6 is 11.6 Å². The fourth-order valence-corrected chi connectivity index (χ4v) is 1.45. The lowest BCUT2D eigenvalue weighted by molar-refractivity contribution is 0.298. The summed E-state index contributed by atoms with van der Waals surface area (Å²) in [6, 6.07) is 3.18. The van der Waals surface area contributed by atoms with Gasteiger partial charge in [0, 0.05) is 0 Å². The molecule has 0 atom stereocenters. The van der Waals surface area contributed by atoms with Crippen molar-refractivity contribution in [3.05, 3.63) is 28.5 Å². The van der Waals surface area contributed by atoms with Gasteiger partial charge < -0.3 is 4.74 Å². The molecule has 3 heteroatoms. The zero-order chi connectivity index (χ0) is 12.1. The van der Waals surface area contributed by atoms with Gasteiger partial charge >= 0.3 is 0 Å². The van der Waals surface area contributed by atoms with Gasteiger partial charge in [-0.2, -0.15) is 0 Å². The van der Waals surface area contributed by atoms with Gasteiger partial charge in [-0.15, -0.1) is 0 Å². The molecule has 0 spiro atoms. The number of halogens is 2. The van der Waals surface area contributed by atoms with E-state index in [9.17, 15) is 4.39 Å². The molecule has 1 aromatic carbocycles. The van der Waals surface area contributed by atoms with Gasteiger partial charge in [0.15, 0.2) is 0 Å². The Hall–Kier alpha value is -0.760. The van der Waals surface area contributed by atoms with Gasteiger partial charge in [-0.25, -0.2) is 4.39 Å². The lowest BCUT2D eigenvalue weighted by Gasteiger charge is -2.08. The van der Waals surface area contributed by atoms with Crippen molar-refractivity contribution in [2.24, 2.45) is 5.92 Å². The average molecular weight is 245 g/mol. The van der Waals surface area contributed by atoms with E-state index in [2.05, 4.69) is 0 Å². The van der Waals surface area contributed by atoms with E-state index in [1.54, 1.807) is 6.07 Å². The first kappa shape index (κ1) is 13.3. The van der Waals surface area contributed by atoms with E-state index >= 15 is 0 Å². The van der Waals surface area contributed by atoms with Crippen molar-refractivity contribution < 1.29 is 9.13 Å². The van der Waals surface area contributed by atoms with E-state index < -0.39 is 5.82 Å². The van der Waals surface area contributed by atoms with Crippen LogP contribution in [-0.4, -0.2) is 6.61 Å². The Bertz CT molecular complexity index is 348. The SMILES string of the molecule is CC.Cc1cc(F)c(Cl)c(OCC2CC2)c1. The smallest absolute Gasteiger partial charge is 0.145 e. The van der Waals surface area contributed by atoms with E-state index in [1.807, 2.05) is 20.8 Å². The number of ether oxygens (including phenoxy) is 1. The van der Waals surface area contributed by atoms with Crippen LogP contribution in [0.3, 0.4) is 0 Å². The molecule has 0 aliphatic heterocycles. The van der Waals surface area contributed by atoms with Gasteiger partial charge in [-0.1, -0.05) is 25.4 Å². The third-order valence-corrected chi connectivity index (χ3v) is 2.68. The van der Waals surface area contributed by atoms with Crippen LogP contribution in [0.2, 0.25) is 5.02 Å². The van der Waals surface area contributed by atoms with Crippen LogP contribution in [0.1, 0.15) is 32.3 Å². The van der Waals surface area contributed by atoms with Gasteiger partial charge in [-0.3, -0.25) is 0 Å². The number of aryl methyl sites for hydroxylation is 1. The quantitative estimate of drug-likeness (QED) is 0.755. The third kappa shape index (κ3) is 3.67. The van der Waals surface area contributed by atoms with E-state index in [0.717, 1.165) is 5.56 Å². The molecule has 1 aliphatic rings. The molecule has 0 N–H and O–H groups in total. The predicted molar refractivity (Wildman–Crippen MR) is 65.7 cm³/mol. The molecule has 0 heterocycles. The highest BCUT2D eigenvalue weighted by molar-refractivity contribution is 6.32. The summed E-state index contributed by atoms with van der Waals surface area (Å²) in [7, 11) is 0. The summed E-state index contributed by atoms with van der Waals surface area (Å²) >= 11 is 5.77. The van der Waals surface area contributed by atoms with Crippen LogP contribution in [-0.2, 0) is 0 Å². The highest BCUT2D eigenvalue weighted by atomic mass is 35.5.